The number of methoxy groups -OCH3 is 1. The van der Waals surface area contributed by atoms with Crippen LogP contribution in [0, 0.1) is 0 Å². The van der Waals surface area contributed by atoms with Crippen molar-refractivity contribution in [3.8, 4) is 5.75 Å². The number of anilines is 1. The Hall–Kier alpha value is -2.08. The van der Waals surface area contributed by atoms with Crippen LogP contribution in [0.4, 0.5) is 5.69 Å². The minimum absolute atomic E-state index is 0.0779. The van der Waals surface area contributed by atoms with Gasteiger partial charge in [0.05, 0.1) is 19.3 Å². The third-order valence-electron chi connectivity index (χ3n) is 2.32. The van der Waals surface area contributed by atoms with E-state index in [2.05, 4.69) is 10.6 Å². The summed E-state index contributed by atoms with van der Waals surface area (Å²) in [4.78, 5) is 22.1. The molecule has 0 saturated heterocycles. The van der Waals surface area contributed by atoms with Crippen LogP contribution >= 0.6 is 0 Å². The van der Waals surface area contributed by atoms with Crippen molar-refractivity contribution in [2.45, 2.75) is 13.0 Å². The molecule has 98 valence electrons. The fourth-order valence-corrected chi connectivity index (χ4v) is 1.28. The summed E-state index contributed by atoms with van der Waals surface area (Å²) in [5, 5.41) is 13.9. The second-order valence-electron chi connectivity index (χ2n) is 3.69. The Kier molecular flexibility index (Phi) is 5.13. The molecule has 0 aromatic heterocycles. The lowest BCUT2D eigenvalue weighted by Gasteiger charge is -2.11. The Morgan fingerprint density at radius 3 is 2.67 bits per heavy atom. The number of ether oxygens (including phenoxy) is 1. The third-order valence-corrected chi connectivity index (χ3v) is 2.32. The van der Waals surface area contributed by atoms with E-state index in [1.54, 1.807) is 24.3 Å². The predicted molar refractivity (Wildman–Crippen MR) is 66.7 cm³/mol. The van der Waals surface area contributed by atoms with Crippen molar-refractivity contribution in [2.24, 2.45) is 0 Å². The molecular weight excluding hydrogens is 236 g/mol. The van der Waals surface area contributed by atoms with Crippen LogP contribution < -0.4 is 15.4 Å². The van der Waals surface area contributed by atoms with Gasteiger partial charge in [-0.2, -0.15) is 0 Å². The molecule has 18 heavy (non-hydrogen) atoms. The molecule has 0 heterocycles. The zero-order valence-corrected chi connectivity index (χ0v) is 10.3. The number of hydrogen-bond donors (Lipinski definition) is 3. The van der Waals surface area contributed by atoms with Crippen LogP contribution in [0.5, 0.6) is 5.75 Å². The molecule has 0 aliphatic rings. The van der Waals surface area contributed by atoms with Crippen molar-refractivity contribution in [1.29, 1.82) is 0 Å². The molecule has 1 aromatic rings. The SMILES string of the molecule is COc1ccccc1NC(=O)CN[C@H](C)C(=O)O. The van der Waals surface area contributed by atoms with Crippen LogP contribution in [0.3, 0.4) is 0 Å². The largest absolute Gasteiger partial charge is 0.495 e. The van der Waals surface area contributed by atoms with Gasteiger partial charge in [-0.3, -0.25) is 14.9 Å². The highest BCUT2D eigenvalue weighted by molar-refractivity contribution is 5.94. The van der Waals surface area contributed by atoms with E-state index in [9.17, 15) is 9.59 Å². The summed E-state index contributed by atoms with van der Waals surface area (Å²) in [7, 11) is 1.51. The van der Waals surface area contributed by atoms with Gasteiger partial charge in [0.25, 0.3) is 0 Å². The molecular formula is C12H16N2O4. The van der Waals surface area contributed by atoms with Gasteiger partial charge in [-0.25, -0.2) is 0 Å². The van der Waals surface area contributed by atoms with E-state index in [4.69, 9.17) is 9.84 Å². The Morgan fingerprint density at radius 2 is 2.06 bits per heavy atom. The summed E-state index contributed by atoms with van der Waals surface area (Å²) < 4.78 is 5.08. The van der Waals surface area contributed by atoms with Gasteiger partial charge in [0.2, 0.25) is 5.91 Å². The number of carboxylic acid groups (broad SMARTS) is 1. The smallest absolute Gasteiger partial charge is 0.320 e. The second kappa shape index (κ2) is 6.61. The van der Waals surface area contributed by atoms with E-state index in [0.29, 0.717) is 11.4 Å². The highest BCUT2D eigenvalue weighted by atomic mass is 16.5. The molecule has 0 aliphatic carbocycles. The highest BCUT2D eigenvalue weighted by Gasteiger charge is 2.12. The Morgan fingerprint density at radius 1 is 1.39 bits per heavy atom. The van der Waals surface area contributed by atoms with Gasteiger partial charge in [0, 0.05) is 0 Å². The van der Waals surface area contributed by atoms with Gasteiger partial charge >= 0.3 is 5.97 Å². The number of para-hydroxylation sites is 2. The first-order chi connectivity index (χ1) is 8.54. The van der Waals surface area contributed by atoms with E-state index in [1.807, 2.05) is 0 Å². The zero-order chi connectivity index (χ0) is 13.5. The van der Waals surface area contributed by atoms with E-state index in [-0.39, 0.29) is 12.5 Å². The molecule has 3 N–H and O–H groups in total. The molecule has 6 heteroatoms. The van der Waals surface area contributed by atoms with Crippen molar-refractivity contribution < 1.29 is 19.4 Å². The van der Waals surface area contributed by atoms with Gasteiger partial charge in [0.1, 0.15) is 11.8 Å². The van der Waals surface area contributed by atoms with E-state index >= 15 is 0 Å². The molecule has 1 aromatic carbocycles. The van der Waals surface area contributed by atoms with E-state index in [1.165, 1.54) is 14.0 Å². The summed E-state index contributed by atoms with van der Waals surface area (Å²) in [6.07, 6.45) is 0. The second-order valence-corrected chi connectivity index (χ2v) is 3.69. The van der Waals surface area contributed by atoms with E-state index < -0.39 is 12.0 Å². The quantitative estimate of drug-likeness (QED) is 0.693. The topological polar surface area (TPSA) is 87.7 Å². The number of aliphatic carboxylic acids is 1. The zero-order valence-electron chi connectivity index (χ0n) is 10.3. The first-order valence-electron chi connectivity index (χ1n) is 5.43. The fraction of sp³-hybridized carbons (Fsp3) is 0.333. The molecule has 1 amide bonds. The number of rotatable bonds is 6. The molecule has 1 rings (SSSR count). The van der Waals surface area contributed by atoms with Crippen LogP contribution in [0.1, 0.15) is 6.92 Å². The predicted octanol–water partition coefficient (Wildman–Crippen LogP) is 0.696. The Bertz CT molecular complexity index is 434. The maximum atomic E-state index is 11.6. The monoisotopic (exact) mass is 252 g/mol. The molecule has 1 atom stereocenters. The first-order valence-corrected chi connectivity index (χ1v) is 5.43. The van der Waals surface area contributed by atoms with Gasteiger partial charge < -0.3 is 15.2 Å². The first kappa shape index (κ1) is 14.0. The number of carbonyl (C=O) groups excluding carboxylic acids is 1. The summed E-state index contributed by atoms with van der Waals surface area (Å²) in [6, 6.07) is 6.22. The Labute approximate surface area is 105 Å². The lowest BCUT2D eigenvalue weighted by atomic mass is 10.3. The fourth-order valence-electron chi connectivity index (χ4n) is 1.28. The van der Waals surface area contributed by atoms with Crippen LogP contribution in [0.25, 0.3) is 0 Å². The van der Waals surface area contributed by atoms with Gasteiger partial charge in [-0.1, -0.05) is 12.1 Å². The van der Waals surface area contributed by atoms with Crippen molar-refractivity contribution >= 4 is 17.6 Å². The van der Waals surface area contributed by atoms with Crippen molar-refractivity contribution in [3.63, 3.8) is 0 Å². The number of benzene rings is 1. The van der Waals surface area contributed by atoms with Crippen LogP contribution in [0.2, 0.25) is 0 Å². The Balaban J connectivity index is 2.52. The minimum atomic E-state index is -1.000. The summed E-state index contributed by atoms with van der Waals surface area (Å²) in [6.45, 7) is 1.39. The number of nitrogens with one attached hydrogen (secondary N) is 2. The average Bonchev–Trinajstić information content (AvgIpc) is 2.36. The van der Waals surface area contributed by atoms with Crippen LogP contribution in [0.15, 0.2) is 24.3 Å². The van der Waals surface area contributed by atoms with Crippen LogP contribution in [-0.2, 0) is 9.59 Å². The van der Waals surface area contributed by atoms with Crippen LogP contribution in [-0.4, -0.2) is 36.7 Å². The summed E-state index contributed by atoms with van der Waals surface area (Å²) in [5.41, 5.74) is 0.551. The molecule has 0 fully saturated rings. The van der Waals surface area contributed by atoms with Gasteiger partial charge in [-0.05, 0) is 19.1 Å². The average molecular weight is 252 g/mol. The van der Waals surface area contributed by atoms with Gasteiger partial charge in [0.15, 0.2) is 0 Å². The lowest BCUT2D eigenvalue weighted by Crippen LogP contribution is -2.39. The lowest BCUT2D eigenvalue weighted by molar-refractivity contribution is -0.139. The molecule has 0 saturated carbocycles. The molecule has 0 bridgehead atoms. The maximum Gasteiger partial charge on any atom is 0.320 e. The summed E-state index contributed by atoms with van der Waals surface area (Å²) in [5.74, 6) is -0.773. The minimum Gasteiger partial charge on any atom is -0.495 e. The van der Waals surface area contributed by atoms with Crippen molar-refractivity contribution in [3.05, 3.63) is 24.3 Å². The normalized spacial score (nSPS) is 11.7. The molecule has 0 unspecified atom stereocenters. The van der Waals surface area contributed by atoms with Gasteiger partial charge in [-0.15, -0.1) is 0 Å². The summed E-state index contributed by atoms with van der Waals surface area (Å²) >= 11 is 0. The maximum absolute atomic E-state index is 11.6. The van der Waals surface area contributed by atoms with Crippen molar-refractivity contribution in [1.82, 2.24) is 5.32 Å². The number of carboxylic acids is 1. The third kappa shape index (κ3) is 4.06. The standard InChI is InChI=1S/C12H16N2O4/c1-8(12(16)17)13-7-11(15)14-9-5-3-4-6-10(9)18-2/h3-6,8,13H,7H2,1-2H3,(H,14,15)(H,16,17)/t8-/m1/s1. The highest BCUT2D eigenvalue weighted by Crippen LogP contribution is 2.22. The number of amides is 1. The van der Waals surface area contributed by atoms with Crippen molar-refractivity contribution in [2.75, 3.05) is 19.0 Å². The molecule has 0 spiro atoms. The molecule has 6 nitrogen and oxygen atoms in total. The molecule has 0 aliphatic heterocycles. The number of carbonyl (C=O) groups is 2. The molecule has 0 radical (unpaired) electrons. The van der Waals surface area contributed by atoms with E-state index in [0.717, 1.165) is 0 Å². The number of hydrogen-bond acceptors (Lipinski definition) is 4.